The van der Waals surface area contributed by atoms with Gasteiger partial charge in [-0.05, 0) is 25.8 Å². The van der Waals surface area contributed by atoms with Gasteiger partial charge >= 0.3 is 0 Å². The molecular formula is C12H16N4O. The smallest absolute Gasteiger partial charge is 0.226 e. The second kappa shape index (κ2) is 5.11. The Morgan fingerprint density at radius 2 is 2.41 bits per heavy atom. The maximum Gasteiger partial charge on any atom is 0.226 e. The lowest BCUT2D eigenvalue weighted by molar-refractivity contribution is 0.0718. The summed E-state index contributed by atoms with van der Waals surface area (Å²) in [6.45, 7) is 3.00. The largest absolute Gasteiger partial charge is 0.381 e. The Labute approximate surface area is 101 Å². The zero-order chi connectivity index (χ0) is 12.3. The Kier molecular flexibility index (Phi) is 3.55. The minimum Gasteiger partial charge on any atom is -0.381 e. The third-order valence-corrected chi connectivity index (χ3v) is 3.18. The Morgan fingerprint density at radius 3 is 3.06 bits per heavy atom. The van der Waals surface area contributed by atoms with E-state index < -0.39 is 0 Å². The minimum absolute atomic E-state index is 0.320. The number of ether oxygens (including phenoxy) is 1. The van der Waals surface area contributed by atoms with Gasteiger partial charge in [0.25, 0.3) is 0 Å². The average Bonchev–Trinajstić information content (AvgIpc) is 2.38. The number of hydrogen-bond donors (Lipinski definition) is 0. The first kappa shape index (κ1) is 11.8. The van der Waals surface area contributed by atoms with Crippen LogP contribution in [0.15, 0.2) is 12.3 Å². The van der Waals surface area contributed by atoms with E-state index in [4.69, 9.17) is 10.00 Å². The highest BCUT2D eigenvalue weighted by Crippen LogP contribution is 2.23. The number of hydrogen-bond acceptors (Lipinski definition) is 5. The molecular weight excluding hydrogens is 216 g/mol. The average molecular weight is 232 g/mol. The fraction of sp³-hybridized carbons (Fsp3) is 0.583. The van der Waals surface area contributed by atoms with Gasteiger partial charge in [0.2, 0.25) is 5.95 Å². The molecule has 90 valence electrons. The summed E-state index contributed by atoms with van der Waals surface area (Å²) in [6.07, 6.45) is 3.90. The van der Waals surface area contributed by atoms with Gasteiger partial charge in [0.05, 0.1) is 6.10 Å². The fourth-order valence-electron chi connectivity index (χ4n) is 2.19. The van der Waals surface area contributed by atoms with Gasteiger partial charge in [-0.3, -0.25) is 0 Å². The van der Waals surface area contributed by atoms with Crippen LogP contribution in [0.1, 0.15) is 25.5 Å². The first-order valence-corrected chi connectivity index (χ1v) is 5.77. The highest BCUT2D eigenvalue weighted by atomic mass is 16.5. The quantitative estimate of drug-likeness (QED) is 0.770. The van der Waals surface area contributed by atoms with Crippen molar-refractivity contribution < 1.29 is 4.74 Å². The van der Waals surface area contributed by atoms with Crippen LogP contribution < -0.4 is 4.90 Å². The van der Waals surface area contributed by atoms with Gasteiger partial charge in [-0.15, -0.1) is 0 Å². The summed E-state index contributed by atoms with van der Waals surface area (Å²) in [5, 5.41) is 8.83. The predicted molar refractivity (Wildman–Crippen MR) is 63.6 cm³/mol. The van der Waals surface area contributed by atoms with E-state index >= 15 is 0 Å². The molecule has 0 radical (unpaired) electrons. The summed E-state index contributed by atoms with van der Waals surface area (Å²) >= 11 is 0. The van der Waals surface area contributed by atoms with E-state index in [-0.39, 0.29) is 0 Å². The van der Waals surface area contributed by atoms with Gasteiger partial charge in [0, 0.05) is 25.9 Å². The SMILES string of the molecule is COC1CCN(c2nccc(C#N)n2)C(C)C1. The molecule has 0 amide bonds. The van der Waals surface area contributed by atoms with Crippen LogP contribution in [-0.4, -0.2) is 35.8 Å². The van der Waals surface area contributed by atoms with Gasteiger partial charge in [-0.1, -0.05) is 0 Å². The van der Waals surface area contributed by atoms with Crippen LogP contribution in [0.4, 0.5) is 5.95 Å². The van der Waals surface area contributed by atoms with E-state index in [1.165, 1.54) is 0 Å². The molecule has 5 nitrogen and oxygen atoms in total. The van der Waals surface area contributed by atoms with Crippen LogP contribution in [0.25, 0.3) is 0 Å². The molecule has 1 fully saturated rings. The first-order valence-electron chi connectivity index (χ1n) is 5.77. The van der Waals surface area contributed by atoms with E-state index in [1.807, 2.05) is 6.07 Å². The summed E-state index contributed by atoms with van der Waals surface area (Å²) in [5.41, 5.74) is 0.413. The van der Waals surface area contributed by atoms with Crippen molar-refractivity contribution in [3.63, 3.8) is 0 Å². The van der Waals surface area contributed by atoms with Crippen molar-refractivity contribution in [3.8, 4) is 6.07 Å². The number of anilines is 1. The molecule has 1 aromatic rings. The van der Waals surface area contributed by atoms with Gasteiger partial charge < -0.3 is 9.64 Å². The third-order valence-electron chi connectivity index (χ3n) is 3.18. The van der Waals surface area contributed by atoms with Crippen molar-refractivity contribution in [1.82, 2.24) is 9.97 Å². The van der Waals surface area contributed by atoms with E-state index in [0.717, 1.165) is 19.4 Å². The molecule has 17 heavy (non-hydrogen) atoms. The van der Waals surface area contributed by atoms with Crippen molar-refractivity contribution in [1.29, 1.82) is 5.26 Å². The van der Waals surface area contributed by atoms with Crippen LogP contribution in [0, 0.1) is 11.3 Å². The molecule has 0 spiro atoms. The summed E-state index contributed by atoms with van der Waals surface area (Å²) in [7, 11) is 1.75. The Hall–Kier alpha value is -1.67. The van der Waals surface area contributed by atoms with Crippen molar-refractivity contribution in [2.24, 2.45) is 0 Å². The number of piperidine rings is 1. The molecule has 2 rings (SSSR count). The zero-order valence-corrected chi connectivity index (χ0v) is 10.1. The Bertz CT molecular complexity index is 429. The number of aromatic nitrogens is 2. The molecule has 0 saturated carbocycles. The van der Waals surface area contributed by atoms with Crippen LogP contribution in [-0.2, 0) is 4.74 Å². The molecule has 0 aromatic carbocycles. The van der Waals surface area contributed by atoms with E-state index in [9.17, 15) is 0 Å². The minimum atomic E-state index is 0.320. The van der Waals surface area contributed by atoms with Gasteiger partial charge in [-0.25, -0.2) is 9.97 Å². The standard InChI is InChI=1S/C12H16N4O/c1-9-7-11(17-2)4-6-16(9)12-14-5-3-10(8-13)15-12/h3,5,9,11H,4,6-7H2,1-2H3. The second-order valence-electron chi connectivity index (χ2n) is 4.28. The molecule has 1 aromatic heterocycles. The molecule has 2 heterocycles. The monoisotopic (exact) mass is 232 g/mol. The normalized spacial score (nSPS) is 24.4. The van der Waals surface area contributed by atoms with E-state index in [0.29, 0.717) is 23.8 Å². The lowest BCUT2D eigenvalue weighted by atomic mass is 10.0. The molecule has 1 saturated heterocycles. The lowest BCUT2D eigenvalue weighted by Crippen LogP contribution is -2.44. The number of nitriles is 1. The third kappa shape index (κ3) is 2.53. The van der Waals surface area contributed by atoms with Crippen LogP contribution in [0.5, 0.6) is 0 Å². The van der Waals surface area contributed by atoms with Crippen LogP contribution in [0.2, 0.25) is 0 Å². The summed E-state index contributed by atoms with van der Waals surface area (Å²) in [5.74, 6) is 0.645. The summed E-state index contributed by atoms with van der Waals surface area (Å²) < 4.78 is 5.37. The van der Waals surface area contributed by atoms with Crippen molar-refractivity contribution >= 4 is 5.95 Å². The fourth-order valence-corrected chi connectivity index (χ4v) is 2.19. The van der Waals surface area contributed by atoms with Crippen LogP contribution >= 0.6 is 0 Å². The van der Waals surface area contributed by atoms with Crippen molar-refractivity contribution in [3.05, 3.63) is 18.0 Å². The predicted octanol–water partition coefficient (Wildman–Crippen LogP) is 1.35. The molecule has 1 aliphatic heterocycles. The maximum atomic E-state index is 8.83. The summed E-state index contributed by atoms with van der Waals surface area (Å²) in [6, 6.07) is 4.00. The number of methoxy groups -OCH3 is 1. The summed E-state index contributed by atoms with van der Waals surface area (Å²) in [4.78, 5) is 10.6. The highest BCUT2D eigenvalue weighted by molar-refractivity contribution is 5.35. The first-order chi connectivity index (χ1) is 8.24. The Morgan fingerprint density at radius 1 is 1.59 bits per heavy atom. The van der Waals surface area contributed by atoms with E-state index in [1.54, 1.807) is 19.4 Å². The molecule has 0 N–H and O–H groups in total. The Balaban J connectivity index is 2.15. The van der Waals surface area contributed by atoms with Crippen molar-refractivity contribution in [2.75, 3.05) is 18.6 Å². The highest BCUT2D eigenvalue weighted by Gasteiger charge is 2.26. The van der Waals surface area contributed by atoms with Crippen molar-refractivity contribution in [2.45, 2.75) is 31.9 Å². The van der Waals surface area contributed by atoms with E-state index in [2.05, 4.69) is 21.8 Å². The molecule has 0 aliphatic carbocycles. The van der Waals surface area contributed by atoms with Gasteiger partial charge in [0.15, 0.2) is 0 Å². The zero-order valence-electron chi connectivity index (χ0n) is 10.1. The topological polar surface area (TPSA) is 62.0 Å². The second-order valence-corrected chi connectivity index (χ2v) is 4.28. The lowest BCUT2D eigenvalue weighted by Gasteiger charge is -2.37. The maximum absolute atomic E-state index is 8.83. The molecule has 0 bridgehead atoms. The molecule has 1 aliphatic rings. The van der Waals surface area contributed by atoms with Gasteiger partial charge in [-0.2, -0.15) is 5.26 Å². The number of nitrogens with zero attached hydrogens (tertiary/aromatic N) is 4. The van der Waals surface area contributed by atoms with Crippen LogP contribution in [0.3, 0.4) is 0 Å². The molecule has 2 atom stereocenters. The van der Waals surface area contributed by atoms with Gasteiger partial charge in [0.1, 0.15) is 11.8 Å². The molecule has 5 heteroatoms. The number of rotatable bonds is 2. The molecule has 2 unspecified atom stereocenters.